The molecule has 2 atom stereocenters. The molecule has 1 heterocycles. The molecule has 3 aliphatic rings. The Morgan fingerprint density at radius 2 is 1.87 bits per heavy atom. The number of nitrogens with one attached hydrogen (secondary N) is 1. The fourth-order valence-corrected chi connectivity index (χ4v) is 4.58. The first-order valence-corrected chi connectivity index (χ1v) is 8.66. The molecule has 0 saturated carbocycles. The van der Waals surface area contributed by atoms with Gasteiger partial charge in [0.15, 0.2) is 0 Å². The number of allylic oxidation sites excluding steroid dienone is 4. The second-order valence-electron chi connectivity index (χ2n) is 7.12. The SMILES string of the molecule is CC1=CC(F)(F)C(C2CCc3ccc4c(c32)CCNCC4)C=C1. The normalized spacial score (nSPS) is 28.7. The fourth-order valence-electron chi connectivity index (χ4n) is 4.58. The predicted octanol–water partition coefficient (Wildman–Crippen LogP) is 4.17. The minimum absolute atomic E-state index is 0.0475. The number of alkyl halides is 2. The van der Waals surface area contributed by atoms with E-state index >= 15 is 0 Å². The lowest BCUT2D eigenvalue weighted by Crippen LogP contribution is -2.31. The molecule has 122 valence electrons. The van der Waals surface area contributed by atoms with Crippen molar-refractivity contribution in [3.63, 3.8) is 0 Å². The number of aryl methyl sites for hydroxylation is 1. The second kappa shape index (κ2) is 5.55. The average molecular weight is 315 g/mol. The van der Waals surface area contributed by atoms with Crippen molar-refractivity contribution >= 4 is 0 Å². The van der Waals surface area contributed by atoms with Gasteiger partial charge in [-0.1, -0.05) is 24.3 Å². The number of fused-ring (bicyclic) bond motifs is 3. The highest BCUT2D eigenvalue weighted by molar-refractivity contribution is 5.49. The molecule has 0 aromatic heterocycles. The largest absolute Gasteiger partial charge is 0.316 e. The maximum absolute atomic E-state index is 14.6. The van der Waals surface area contributed by atoms with Gasteiger partial charge in [0.1, 0.15) is 0 Å². The summed E-state index contributed by atoms with van der Waals surface area (Å²) < 4.78 is 29.3. The lowest BCUT2D eigenvalue weighted by atomic mass is 9.77. The summed E-state index contributed by atoms with van der Waals surface area (Å²) in [5, 5.41) is 3.43. The summed E-state index contributed by atoms with van der Waals surface area (Å²) in [4.78, 5) is 0. The van der Waals surface area contributed by atoms with E-state index in [9.17, 15) is 8.78 Å². The van der Waals surface area contributed by atoms with Crippen molar-refractivity contribution in [2.24, 2.45) is 5.92 Å². The van der Waals surface area contributed by atoms with Gasteiger partial charge in [0, 0.05) is 0 Å². The summed E-state index contributed by atoms with van der Waals surface area (Å²) in [6.07, 6.45) is 8.52. The number of hydrogen-bond donors (Lipinski definition) is 1. The van der Waals surface area contributed by atoms with Gasteiger partial charge in [0.05, 0.1) is 5.92 Å². The second-order valence-corrected chi connectivity index (χ2v) is 7.12. The van der Waals surface area contributed by atoms with Crippen LogP contribution in [0.5, 0.6) is 0 Å². The van der Waals surface area contributed by atoms with Crippen LogP contribution in [0, 0.1) is 5.92 Å². The van der Waals surface area contributed by atoms with E-state index in [2.05, 4.69) is 17.4 Å². The molecule has 0 radical (unpaired) electrons. The van der Waals surface area contributed by atoms with Crippen molar-refractivity contribution in [2.75, 3.05) is 13.1 Å². The van der Waals surface area contributed by atoms with E-state index in [-0.39, 0.29) is 5.92 Å². The van der Waals surface area contributed by atoms with Crippen LogP contribution in [0.25, 0.3) is 0 Å². The molecule has 0 bridgehead atoms. The zero-order valence-electron chi connectivity index (χ0n) is 13.5. The summed E-state index contributed by atoms with van der Waals surface area (Å²) in [7, 11) is 0. The smallest absolute Gasteiger partial charge is 0.273 e. The Morgan fingerprint density at radius 3 is 2.70 bits per heavy atom. The third-order valence-electron chi connectivity index (χ3n) is 5.63. The van der Waals surface area contributed by atoms with E-state index in [4.69, 9.17) is 0 Å². The van der Waals surface area contributed by atoms with Crippen LogP contribution in [0.15, 0.2) is 35.9 Å². The molecule has 1 aromatic carbocycles. The summed E-state index contributed by atoms with van der Waals surface area (Å²) in [6, 6.07) is 4.41. The molecule has 4 rings (SSSR count). The first-order chi connectivity index (χ1) is 11.1. The summed E-state index contributed by atoms with van der Waals surface area (Å²) in [6.45, 7) is 3.69. The highest BCUT2D eigenvalue weighted by atomic mass is 19.3. The zero-order chi connectivity index (χ0) is 16.0. The highest BCUT2D eigenvalue weighted by Crippen LogP contribution is 2.49. The van der Waals surface area contributed by atoms with E-state index in [1.807, 2.05) is 6.08 Å². The number of rotatable bonds is 1. The van der Waals surface area contributed by atoms with Crippen molar-refractivity contribution in [2.45, 2.75) is 44.4 Å². The van der Waals surface area contributed by atoms with Gasteiger partial charge in [-0.05, 0) is 85.5 Å². The number of halogens is 2. The van der Waals surface area contributed by atoms with Gasteiger partial charge in [-0.15, -0.1) is 0 Å². The monoisotopic (exact) mass is 315 g/mol. The van der Waals surface area contributed by atoms with E-state index < -0.39 is 11.8 Å². The van der Waals surface area contributed by atoms with Gasteiger partial charge in [-0.2, -0.15) is 0 Å². The van der Waals surface area contributed by atoms with Gasteiger partial charge < -0.3 is 5.32 Å². The molecule has 1 nitrogen and oxygen atoms in total. The molecular formula is C20H23F2N. The number of hydrogen-bond acceptors (Lipinski definition) is 1. The maximum atomic E-state index is 14.6. The van der Waals surface area contributed by atoms with Gasteiger partial charge in [0.2, 0.25) is 0 Å². The molecular weight excluding hydrogens is 292 g/mol. The van der Waals surface area contributed by atoms with Crippen molar-refractivity contribution in [3.8, 4) is 0 Å². The van der Waals surface area contributed by atoms with E-state index in [1.54, 1.807) is 13.0 Å². The van der Waals surface area contributed by atoms with Gasteiger partial charge >= 0.3 is 0 Å². The first kappa shape index (κ1) is 15.1. The molecule has 0 amide bonds. The van der Waals surface area contributed by atoms with Gasteiger partial charge in [-0.25, -0.2) is 8.78 Å². The van der Waals surface area contributed by atoms with E-state index in [0.717, 1.165) is 44.8 Å². The van der Waals surface area contributed by atoms with Crippen LogP contribution < -0.4 is 5.32 Å². The van der Waals surface area contributed by atoms with Crippen molar-refractivity contribution in [1.82, 2.24) is 5.32 Å². The molecule has 1 aliphatic heterocycles. The Morgan fingerprint density at radius 1 is 1.09 bits per heavy atom. The molecule has 1 aromatic rings. The Balaban J connectivity index is 1.77. The maximum Gasteiger partial charge on any atom is 0.273 e. The molecule has 0 spiro atoms. The van der Waals surface area contributed by atoms with E-state index in [0.29, 0.717) is 5.57 Å². The Labute approximate surface area is 136 Å². The summed E-state index contributed by atoms with van der Waals surface area (Å²) in [5.74, 6) is -3.49. The summed E-state index contributed by atoms with van der Waals surface area (Å²) >= 11 is 0. The zero-order valence-corrected chi connectivity index (χ0v) is 13.5. The van der Waals surface area contributed by atoms with Crippen LogP contribution in [-0.4, -0.2) is 19.0 Å². The first-order valence-electron chi connectivity index (χ1n) is 8.66. The molecule has 3 heteroatoms. The Hall–Kier alpha value is -1.48. The van der Waals surface area contributed by atoms with Crippen molar-refractivity contribution in [3.05, 3.63) is 58.2 Å². The molecule has 2 aliphatic carbocycles. The molecule has 1 N–H and O–H groups in total. The molecule has 0 fully saturated rings. The Bertz CT molecular complexity index is 687. The average Bonchev–Trinajstić information content (AvgIpc) is 2.76. The molecule has 2 unspecified atom stereocenters. The highest BCUT2D eigenvalue weighted by Gasteiger charge is 2.45. The van der Waals surface area contributed by atoms with Crippen LogP contribution >= 0.6 is 0 Å². The quantitative estimate of drug-likeness (QED) is 0.820. The van der Waals surface area contributed by atoms with Crippen LogP contribution in [0.4, 0.5) is 8.78 Å². The van der Waals surface area contributed by atoms with Gasteiger partial charge in [0.25, 0.3) is 5.92 Å². The third kappa shape index (κ3) is 2.55. The number of benzene rings is 1. The van der Waals surface area contributed by atoms with Crippen LogP contribution in [0.1, 0.15) is 41.5 Å². The van der Waals surface area contributed by atoms with Crippen molar-refractivity contribution < 1.29 is 8.78 Å². The van der Waals surface area contributed by atoms with Crippen molar-refractivity contribution in [1.29, 1.82) is 0 Å². The van der Waals surface area contributed by atoms with Gasteiger partial charge in [-0.3, -0.25) is 0 Å². The molecule has 0 saturated heterocycles. The summed E-state index contributed by atoms with van der Waals surface area (Å²) in [5.41, 5.74) is 5.92. The van der Waals surface area contributed by atoms with Crippen LogP contribution in [-0.2, 0) is 19.3 Å². The van der Waals surface area contributed by atoms with Crippen LogP contribution in [0.2, 0.25) is 0 Å². The fraction of sp³-hybridized carbons (Fsp3) is 0.500. The van der Waals surface area contributed by atoms with E-state index in [1.165, 1.54) is 22.3 Å². The van der Waals surface area contributed by atoms with Crippen LogP contribution in [0.3, 0.4) is 0 Å². The standard InChI is InChI=1S/C20H23F2N/c1-13-2-7-18(20(21,22)12-13)17-6-5-15-4-3-14-8-10-23-11-9-16(14)19(15)17/h2-4,7,12,17-18,23H,5-6,8-11H2,1H3. The lowest BCUT2D eigenvalue weighted by molar-refractivity contribution is -0.00232. The topological polar surface area (TPSA) is 12.0 Å². The lowest BCUT2D eigenvalue weighted by Gasteiger charge is -2.31. The third-order valence-corrected chi connectivity index (χ3v) is 5.63. The predicted molar refractivity (Wildman–Crippen MR) is 89.1 cm³/mol. The minimum atomic E-state index is -2.74. The minimum Gasteiger partial charge on any atom is -0.316 e. The Kier molecular flexibility index (Phi) is 3.64. The molecule has 23 heavy (non-hydrogen) atoms.